The van der Waals surface area contributed by atoms with Gasteiger partial charge in [-0.1, -0.05) is 0 Å². The van der Waals surface area contributed by atoms with E-state index < -0.39 is 0 Å². The summed E-state index contributed by atoms with van der Waals surface area (Å²) in [6, 6.07) is 0.164. The van der Waals surface area contributed by atoms with E-state index in [2.05, 4.69) is 0 Å². The predicted molar refractivity (Wildman–Crippen MR) is 50.7 cm³/mol. The van der Waals surface area contributed by atoms with Gasteiger partial charge in [-0.2, -0.15) is 0 Å². The summed E-state index contributed by atoms with van der Waals surface area (Å²) in [5, 5.41) is 0. The summed E-state index contributed by atoms with van der Waals surface area (Å²) in [5.41, 5.74) is 0. The largest absolute Gasteiger partial charge is 0.326 e. The fourth-order valence-corrected chi connectivity index (χ4v) is 0.997. The summed E-state index contributed by atoms with van der Waals surface area (Å²) < 4.78 is 0. The molecule has 0 bridgehead atoms. The zero-order valence-corrected chi connectivity index (χ0v) is 8.66. The summed E-state index contributed by atoms with van der Waals surface area (Å²) in [6.45, 7) is 4.61. The first-order valence-corrected chi connectivity index (χ1v) is 3.25. The van der Waals surface area contributed by atoms with Crippen LogP contribution >= 0.6 is 24.0 Å². The van der Waals surface area contributed by atoms with Crippen molar-refractivity contribution in [1.82, 2.24) is 9.80 Å². The van der Waals surface area contributed by atoms with Crippen molar-refractivity contribution >= 4 is 30.0 Å². The van der Waals surface area contributed by atoms with E-state index in [1.807, 2.05) is 18.9 Å². The molecular formula is C6H13IN2O. The molecule has 2 amide bonds. The zero-order chi connectivity index (χ0) is 6.85. The van der Waals surface area contributed by atoms with E-state index in [4.69, 9.17) is 0 Å². The van der Waals surface area contributed by atoms with Crippen molar-refractivity contribution in [2.45, 2.75) is 6.92 Å². The van der Waals surface area contributed by atoms with Crippen LogP contribution in [-0.2, 0) is 0 Å². The molecular weight excluding hydrogens is 243 g/mol. The van der Waals surface area contributed by atoms with Crippen molar-refractivity contribution in [1.29, 1.82) is 0 Å². The molecule has 1 rings (SSSR count). The average molecular weight is 256 g/mol. The van der Waals surface area contributed by atoms with Crippen molar-refractivity contribution in [3.63, 3.8) is 0 Å². The van der Waals surface area contributed by atoms with Crippen LogP contribution in [0.2, 0.25) is 0 Å². The van der Waals surface area contributed by atoms with Gasteiger partial charge in [-0.05, 0) is 6.92 Å². The van der Waals surface area contributed by atoms with Crippen LogP contribution in [0.1, 0.15) is 6.92 Å². The molecule has 0 aromatic carbocycles. The van der Waals surface area contributed by atoms with Gasteiger partial charge in [-0.3, -0.25) is 0 Å². The predicted octanol–water partition coefficient (Wildman–Crippen LogP) is 0.992. The van der Waals surface area contributed by atoms with E-state index in [0.717, 1.165) is 19.6 Å². The van der Waals surface area contributed by atoms with Crippen molar-refractivity contribution in [2.24, 2.45) is 0 Å². The first-order chi connectivity index (χ1) is 4.25. The van der Waals surface area contributed by atoms with Crippen LogP contribution < -0.4 is 0 Å². The Kier molecular flexibility index (Phi) is 4.00. The normalized spacial score (nSPS) is 17.6. The standard InChI is InChI=1S/C6H12N2O.HI/c1-3-8-5-4-7(2)6(8)9;/h3-5H2,1-2H3;1H. The van der Waals surface area contributed by atoms with Gasteiger partial charge in [0.05, 0.1) is 0 Å². The molecule has 60 valence electrons. The van der Waals surface area contributed by atoms with Gasteiger partial charge in [0.15, 0.2) is 0 Å². The Hall–Kier alpha value is 0. The van der Waals surface area contributed by atoms with Gasteiger partial charge < -0.3 is 9.80 Å². The Bertz CT molecular complexity index is 129. The molecule has 1 fully saturated rings. The monoisotopic (exact) mass is 256 g/mol. The highest BCUT2D eigenvalue weighted by atomic mass is 127. The minimum absolute atomic E-state index is 0. The fourth-order valence-electron chi connectivity index (χ4n) is 0.997. The summed E-state index contributed by atoms with van der Waals surface area (Å²) in [4.78, 5) is 14.6. The number of likely N-dealkylation sites (N-methyl/N-ethyl adjacent to an activating group) is 2. The number of hydrogen-bond acceptors (Lipinski definition) is 1. The molecule has 0 aromatic heterocycles. The summed E-state index contributed by atoms with van der Waals surface area (Å²) in [5.74, 6) is 0. The summed E-state index contributed by atoms with van der Waals surface area (Å²) in [7, 11) is 1.83. The maximum absolute atomic E-state index is 11.0. The van der Waals surface area contributed by atoms with Gasteiger partial charge >= 0.3 is 6.03 Å². The first kappa shape index (κ1) is 10.0. The second-order valence-corrected chi connectivity index (χ2v) is 2.28. The number of rotatable bonds is 1. The zero-order valence-electron chi connectivity index (χ0n) is 6.33. The lowest BCUT2D eigenvalue weighted by atomic mass is 10.6. The highest BCUT2D eigenvalue weighted by Crippen LogP contribution is 2.03. The van der Waals surface area contributed by atoms with Crippen LogP contribution in [-0.4, -0.2) is 42.5 Å². The molecule has 3 nitrogen and oxygen atoms in total. The lowest BCUT2D eigenvalue weighted by Gasteiger charge is -2.11. The lowest BCUT2D eigenvalue weighted by molar-refractivity contribution is 0.200. The van der Waals surface area contributed by atoms with Crippen LogP contribution in [0.5, 0.6) is 0 Å². The molecule has 1 aliphatic rings. The molecule has 0 radical (unpaired) electrons. The Balaban J connectivity index is 0.000000810. The Morgan fingerprint density at radius 1 is 1.50 bits per heavy atom. The molecule has 10 heavy (non-hydrogen) atoms. The van der Waals surface area contributed by atoms with Crippen LogP contribution in [0.3, 0.4) is 0 Å². The van der Waals surface area contributed by atoms with E-state index in [9.17, 15) is 4.79 Å². The van der Waals surface area contributed by atoms with Gasteiger partial charge in [-0.25, -0.2) is 4.79 Å². The molecule has 0 aliphatic carbocycles. The number of carbonyl (C=O) groups excluding carboxylic acids is 1. The smallest absolute Gasteiger partial charge is 0.319 e. The topological polar surface area (TPSA) is 23.6 Å². The molecule has 0 atom stereocenters. The Labute approximate surface area is 78.4 Å². The van der Waals surface area contributed by atoms with Crippen molar-refractivity contribution in [2.75, 3.05) is 26.7 Å². The third-order valence-corrected chi connectivity index (χ3v) is 1.68. The molecule has 4 heteroatoms. The average Bonchev–Trinajstić information content (AvgIpc) is 2.15. The van der Waals surface area contributed by atoms with Gasteiger partial charge in [0.2, 0.25) is 0 Å². The molecule has 1 saturated heterocycles. The molecule has 1 aliphatic heterocycles. The van der Waals surface area contributed by atoms with Gasteiger partial charge in [0.25, 0.3) is 0 Å². The first-order valence-electron chi connectivity index (χ1n) is 3.25. The molecule has 0 unspecified atom stereocenters. The number of halogens is 1. The second kappa shape index (κ2) is 4.00. The summed E-state index contributed by atoms with van der Waals surface area (Å²) >= 11 is 0. The molecule has 1 heterocycles. The molecule has 0 saturated carbocycles. The van der Waals surface area contributed by atoms with E-state index in [1.54, 1.807) is 4.90 Å². The lowest BCUT2D eigenvalue weighted by Crippen LogP contribution is -2.28. The van der Waals surface area contributed by atoms with Crippen molar-refractivity contribution < 1.29 is 4.79 Å². The Morgan fingerprint density at radius 3 is 2.30 bits per heavy atom. The van der Waals surface area contributed by atoms with Crippen molar-refractivity contribution in [3.05, 3.63) is 0 Å². The molecule has 0 N–H and O–H groups in total. The van der Waals surface area contributed by atoms with Crippen LogP contribution in [0.15, 0.2) is 0 Å². The minimum atomic E-state index is 0. The van der Waals surface area contributed by atoms with E-state index in [-0.39, 0.29) is 30.0 Å². The number of hydrogen-bond donors (Lipinski definition) is 0. The number of urea groups is 1. The fraction of sp³-hybridized carbons (Fsp3) is 0.833. The number of nitrogens with zero attached hydrogens (tertiary/aromatic N) is 2. The maximum atomic E-state index is 11.0. The third-order valence-electron chi connectivity index (χ3n) is 1.68. The Morgan fingerprint density at radius 2 is 2.10 bits per heavy atom. The van der Waals surface area contributed by atoms with Crippen molar-refractivity contribution in [3.8, 4) is 0 Å². The van der Waals surface area contributed by atoms with Crippen LogP contribution in [0, 0.1) is 0 Å². The second-order valence-electron chi connectivity index (χ2n) is 2.28. The van der Waals surface area contributed by atoms with Crippen LogP contribution in [0.25, 0.3) is 0 Å². The molecule has 0 aromatic rings. The quantitative estimate of drug-likeness (QED) is 0.642. The van der Waals surface area contributed by atoms with Gasteiger partial charge in [0, 0.05) is 26.7 Å². The summed E-state index contributed by atoms with van der Waals surface area (Å²) in [6.07, 6.45) is 0. The van der Waals surface area contributed by atoms with Gasteiger partial charge in [-0.15, -0.1) is 24.0 Å². The third kappa shape index (κ3) is 1.74. The minimum Gasteiger partial charge on any atom is -0.326 e. The van der Waals surface area contributed by atoms with E-state index >= 15 is 0 Å². The molecule has 0 spiro atoms. The van der Waals surface area contributed by atoms with E-state index in [1.165, 1.54) is 0 Å². The maximum Gasteiger partial charge on any atom is 0.319 e. The van der Waals surface area contributed by atoms with Crippen LogP contribution in [0.4, 0.5) is 4.79 Å². The highest BCUT2D eigenvalue weighted by Gasteiger charge is 2.22. The number of carbonyl (C=O) groups is 1. The highest BCUT2D eigenvalue weighted by molar-refractivity contribution is 14.0. The van der Waals surface area contributed by atoms with Gasteiger partial charge in [0.1, 0.15) is 0 Å². The SMILES string of the molecule is CCN1CCN(C)C1=O.I. The van der Waals surface area contributed by atoms with E-state index in [0.29, 0.717) is 0 Å². The number of amides is 2.